The minimum Gasteiger partial charge on any atom is -0.330 e. The highest BCUT2D eigenvalue weighted by molar-refractivity contribution is 5.62. The Kier molecular flexibility index (Phi) is 3.55. The molecule has 0 radical (unpaired) electrons. The summed E-state index contributed by atoms with van der Waals surface area (Å²) in [5.74, 6) is 0. The Hall–Kier alpha value is -2.09. The van der Waals surface area contributed by atoms with Crippen LogP contribution in [0.25, 0.3) is 11.3 Å². The lowest BCUT2D eigenvalue weighted by Gasteiger charge is -2.06. The fraction of sp³-hybridized carbons (Fsp3) is 0.133. The highest BCUT2D eigenvalue weighted by atomic mass is 15.1. The zero-order chi connectivity index (χ0) is 12.1. The van der Waals surface area contributed by atoms with Gasteiger partial charge in [-0.05, 0) is 0 Å². The second kappa shape index (κ2) is 5.30. The van der Waals surface area contributed by atoms with E-state index in [0.29, 0.717) is 0 Å². The Morgan fingerprint density at radius 1 is 1.12 bits per heavy atom. The zero-order valence-electron chi connectivity index (χ0n) is 9.84. The van der Waals surface area contributed by atoms with E-state index in [0.717, 1.165) is 24.2 Å². The Labute approximate surface area is 102 Å². The van der Waals surface area contributed by atoms with Crippen molar-refractivity contribution in [2.75, 3.05) is 0 Å². The summed E-state index contributed by atoms with van der Waals surface area (Å²) in [6.45, 7) is 8.35. The second-order valence-corrected chi connectivity index (χ2v) is 3.84. The van der Waals surface area contributed by atoms with Crippen LogP contribution in [0.3, 0.4) is 0 Å². The van der Waals surface area contributed by atoms with Crippen LogP contribution in [0.15, 0.2) is 62.0 Å². The summed E-state index contributed by atoms with van der Waals surface area (Å²) in [4.78, 5) is 4.49. The molecule has 1 aromatic heterocycles. The first-order valence-electron chi connectivity index (χ1n) is 5.68. The monoisotopic (exact) mass is 224 g/mol. The van der Waals surface area contributed by atoms with E-state index in [2.05, 4.69) is 34.8 Å². The molecular formula is C15H16N2. The number of aromatic nitrogens is 2. The standard InChI is InChI=1S/C15H16N2/c1-3-8-14-15(13-9-6-5-7-10-13)16-12-17(14)11-4-2/h3-7,9-10,12H,1-2,8,11H2. The molecule has 2 heteroatoms. The molecular weight excluding hydrogens is 208 g/mol. The molecule has 2 rings (SSSR count). The first-order chi connectivity index (χ1) is 8.36. The first kappa shape index (κ1) is 11.4. The zero-order valence-corrected chi connectivity index (χ0v) is 9.84. The van der Waals surface area contributed by atoms with Crippen molar-refractivity contribution in [2.45, 2.75) is 13.0 Å². The molecule has 0 atom stereocenters. The SMILES string of the molecule is C=CCc1c(-c2ccccc2)ncn1CC=C. The summed E-state index contributed by atoms with van der Waals surface area (Å²) in [6.07, 6.45) is 6.47. The Balaban J connectivity index is 2.46. The summed E-state index contributed by atoms with van der Waals surface area (Å²) in [5.41, 5.74) is 3.37. The molecule has 0 unspecified atom stereocenters. The maximum atomic E-state index is 4.49. The molecule has 0 saturated heterocycles. The van der Waals surface area contributed by atoms with Crippen molar-refractivity contribution in [1.29, 1.82) is 0 Å². The number of nitrogens with zero attached hydrogens (tertiary/aromatic N) is 2. The van der Waals surface area contributed by atoms with Gasteiger partial charge in [0.1, 0.15) is 0 Å². The Morgan fingerprint density at radius 2 is 1.88 bits per heavy atom. The molecule has 0 aliphatic carbocycles. The lowest BCUT2D eigenvalue weighted by molar-refractivity contribution is 0.778. The van der Waals surface area contributed by atoms with Crippen molar-refractivity contribution >= 4 is 0 Å². The largest absolute Gasteiger partial charge is 0.330 e. The van der Waals surface area contributed by atoms with E-state index in [9.17, 15) is 0 Å². The van der Waals surface area contributed by atoms with Crippen LogP contribution >= 0.6 is 0 Å². The van der Waals surface area contributed by atoms with Crippen molar-refractivity contribution in [3.63, 3.8) is 0 Å². The number of hydrogen-bond acceptors (Lipinski definition) is 1. The van der Waals surface area contributed by atoms with Gasteiger partial charge in [-0.1, -0.05) is 42.5 Å². The van der Waals surface area contributed by atoms with Gasteiger partial charge in [0.15, 0.2) is 0 Å². The van der Waals surface area contributed by atoms with Gasteiger partial charge in [0.05, 0.1) is 12.0 Å². The molecule has 2 nitrogen and oxygen atoms in total. The van der Waals surface area contributed by atoms with Crippen LogP contribution in [0.5, 0.6) is 0 Å². The van der Waals surface area contributed by atoms with E-state index >= 15 is 0 Å². The summed E-state index contributed by atoms with van der Waals surface area (Å²) < 4.78 is 2.11. The van der Waals surface area contributed by atoms with Gasteiger partial charge in [0, 0.05) is 24.2 Å². The molecule has 0 aliphatic heterocycles. The van der Waals surface area contributed by atoms with Gasteiger partial charge in [-0.15, -0.1) is 13.2 Å². The molecule has 0 bridgehead atoms. The van der Waals surface area contributed by atoms with Crippen LogP contribution in [-0.4, -0.2) is 9.55 Å². The number of benzene rings is 1. The predicted octanol–water partition coefficient (Wildman–Crippen LogP) is 3.46. The molecule has 1 heterocycles. The average Bonchev–Trinajstić information content (AvgIpc) is 2.75. The Morgan fingerprint density at radius 3 is 2.53 bits per heavy atom. The van der Waals surface area contributed by atoms with Crippen molar-refractivity contribution < 1.29 is 0 Å². The molecule has 0 spiro atoms. The highest BCUT2D eigenvalue weighted by Gasteiger charge is 2.10. The van der Waals surface area contributed by atoms with Crippen LogP contribution in [0.1, 0.15) is 5.69 Å². The number of rotatable bonds is 5. The van der Waals surface area contributed by atoms with Gasteiger partial charge in [0.25, 0.3) is 0 Å². The van der Waals surface area contributed by atoms with Gasteiger partial charge in [0.2, 0.25) is 0 Å². The van der Waals surface area contributed by atoms with Crippen LogP contribution < -0.4 is 0 Å². The van der Waals surface area contributed by atoms with Crippen molar-refractivity contribution in [1.82, 2.24) is 9.55 Å². The van der Waals surface area contributed by atoms with Crippen LogP contribution in [0.4, 0.5) is 0 Å². The maximum Gasteiger partial charge on any atom is 0.0959 e. The molecule has 0 fully saturated rings. The smallest absolute Gasteiger partial charge is 0.0959 e. The van der Waals surface area contributed by atoms with Crippen LogP contribution in [-0.2, 0) is 13.0 Å². The van der Waals surface area contributed by atoms with Crippen LogP contribution in [0, 0.1) is 0 Å². The third kappa shape index (κ3) is 2.36. The number of hydrogen-bond donors (Lipinski definition) is 0. The molecule has 0 amide bonds. The van der Waals surface area contributed by atoms with E-state index < -0.39 is 0 Å². The van der Waals surface area contributed by atoms with E-state index in [1.807, 2.05) is 36.7 Å². The molecule has 86 valence electrons. The van der Waals surface area contributed by atoms with E-state index in [1.165, 1.54) is 5.69 Å². The molecule has 1 aromatic carbocycles. The van der Waals surface area contributed by atoms with Crippen LogP contribution in [0.2, 0.25) is 0 Å². The molecule has 0 aliphatic rings. The lowest BCUT2D eigenvalue weighted by Crippen LogP contribution is -1.99. The van der Waals surface area contributed by atoms with E-state index in [4.69, 9.17) is 0 Å². The van der Waals surface area contributed by atoms with Gasteiger partial charge in [-0.25, -0.2) is 4.98 Å². The maximum absolute atomic E-state index is 4.49. The van der Waals surface area contributed by atoms with Crippen molar-refractivity contribution in [3.05, 3.63) is 67.7 Å². The van der Waals surface area contributed by atoms with Crippen molar-refractivity contribution in [3.8, 4) is 11.3 Å². The third-order valence-electron chi connectivity index (χ3n) is 2.66. The lowest BCUT2D eigenvalue weighted by atomic mass is 10.1. The minimum atomic E-state index is 0.781. The molecule has 0 N–H and O–H groups in total. The molecule has 2 aromatic rings. The first-order valence-corrected chi connectivity index (χ1v) is 5.68. The van der Waals surface area contributed by atoms with Gasteiger partial charge < -0.3 is 4.57 Å². The fourth-order valence-corrected chi connectivity index (χ4v) is 1.89. The summed E-state index contributed by atoms with van der Waals surface area (Å²) in [5, 5.41) is 0. The third-order valence-corrected chi connectivity index (χ3v) is 2.66. The fourth-order valence-electron chi connectivity index (χ4n) is 1.89. The highest BCUT2D eigenvalue weighted by Crippen LogP contribution is 2.22. The van der Waals surface area contributed by atoms with Gasteiger partial charge >= 0.3 is 0 Å². The predicted molar refractivity (Wildman–Crippen MR) is 71.8 cm³/mol. The molecule has 0 saturated carbocycles. The quantitative estimate of drug-likeness (QED) is 0.711. The average molecular weight is 224 g/mol. The summed E-state index contributed by atoms with van der Waals surface area (Å²) >= 11 is 0. The minimum absolute atomic E-state index is 0.781. The molecule has 17 heavy (non-hydrogen) atoms. The topological polar surface area (TPSA) is 17.8 Å². The van der Waals surface area contributed by atoms with Crippen molar-refractivity contribution in [2.24, 2.45) is 0 Å². The second-order valence-electron chi connectivity index (χ2n) is 3.84. The van der Waals surface area contributed by atoms with Gasteiger partial charge in [-0.3, -0.25) is 0 Å². The number of imidazole rings is 1. The number of allylic oxidation sites excluding steroid dienone is 2. The van der Waals surface area contributed by atoms with E-state index in [-0.39, 0.29) is 0 Å². The normalized spacial score (nSPS) is 10.1. The van der Waals surface area contributed by atoms with Gasteiger partial charge in [-0.2, -0.15) is 0 Å². The Bertz CT molecular complexity index is 509. The summed E-state index contributed by atoms with van der Waals surface area (Å²) in [7, 11) is 0. The summed E-state index contributed by atoms with van der Waals surface area (Å²) in [6, 6.07) is 10.2. The van der Waals surface area contributed by atoms with E-state index in [1.54, 1.807) is 0 Å².